The van der Waals surface area contributed by atoms with Crippen LogP contribution in [0.4, 0.5) is 0 Å². The number of benzene rings is 1. The van der Waals surface area contributed by atoms with E-state index >= 15 is 0 Å². The molecule has 1 heterocycles. The van der Waals surface area contributed by atoms with Gasteiger partial charge in [-0.25, -0.2) is 0 Å². The first-order valence-electron chi connectivity index (χ1n) is 5.45. The van der Waals surface area contributed by atoms with Crippen LogP contribution in [0.2, 0.25) is 0 Å². The third-order valence-electron chi connectivity index (χ3n) is 2.84. The van der Waals surface area contributed by atoms with E-state index in [0.29, 0.717) is 11.8 Å². The van der Waals surface area contributed by atoms with E-state index in [4.69, 9.17) is 16.0 Å². The summed E-state index contributed by atoms with van der Waals surface area (Å²) in [5, 5.41) is 0. The smallest absolute Gasteiger partial charge is 0.104 e. The van der Waals surface area contributed by atoms with Crippen LogP contribution in [-0.4, -0.2) is 5.88 Å². The first kappa shape index (κ1) is 11.3. The van der Waals surface area contributed by atoms with Gasteiger partial charge in [0.15, 0.2) is 0 Å². The van der Waals surface area contributed by atoms with Crippen LogP contribution in [0.25, 0.3) is 0 Å². The second-order valence-corrected chi connectivity index (χ2v) is 4.30. The number of hydrogen-bond acceptors (Lipinski definition) is 1. The predicted molar refractivity (Wildman–Crippen MR) is 67.1 cm³/mol. The van der Waals surface area contributed by atoms with E-state index in [1.165, 1.54) is 11.1 Å². The van der Waals surface area contributed by atoms with E-state index < -0.39 is 0 Å². The number of furan rings is 1. The van der Waals surface area contributed by atoms with Crippen molar-refractivity contribution in [3.05, 3.63) is 59.5 Å². The Labute approximate surface area is 101 Å². The van der Waals surface area contributed by atoms with E-state index in [1.807, 2.05) is 12.1 Å². The molecule has 16 heavy (non-hydrogen) atoms. The molecule has 2 rings (SSSR count). The molecule has 0 aliphatic heterocycles. The summed E-state index contributed by atoms with van der Waals surface area (Å²) in [5.41, 5.74) is 2.61. The summed E-state index contributed by atoms with van der Waals surface area (Å²) in [6, 6.07) is 12.3. The third kappa shape index (κ3) is 2.48. The highest BCUT2D eigenvalue weighted by Gasteiger charge is 2.14. The van der Waals surface area contributed by atoms with Gasteiger partial charge < -0.3 is 4.42 Å². The van der Waals surface area contributed by atoms with Gasteiger partial charge in [-0.05, 0) is 30.2 Å². The fourth-order valence-corrected chi connectivity index (χ4v) is 2.24. The average molecular weight is 235 g/mol. The lowest BCUT2D eigenvalue weighted by atomic mass is 9.93. The lowest BCUT2D eigenvalue weighted by molar-refractivity contribution is 0.493. The molecule has 0 aliphatic rings. The van der Waals surface area contributed by atoms with Gasteiger partial charge in [0.05, 0.1) is 6.26 Å². The molecule has 0 spiro atoms. The van der Waals surface area contributed by atoms with Gasteiger partial charge in [-0.2, -0.15) is 0 Å². The fraction of sp³-hybridized carbons (Fsp3) is 0.286. The molecule has 1 unspecified atom stereocenters. The molecule has 0 saturated heterocycles. The van der Waals surface area contributed by atoms with Crippen LogP contribution in [-0.2, 0) is 6.42 Å². The minimum absolute atomic E-state index is 0.328. The molecule has 2 aromatic rings. The summed E-state index contributed by atoms with van der Waals surface area (Å²) in [5.74, 6) is 1.94. The van der Waals surface area contributed by atoms with Gasteiger partial charge in [0.2, 0.25) is 0 Å². The maximum absolute atomic E-state index is 6.05. The summed E-state index contributed by atoms with van der Waals surface area (Å²) in [4.78, 5) is 0. The zero-order valence-corrected chi connectivity index (χ0v) is 10.1. The molecule has 1 aromatic carbocycles. The van der Waals surface area contributed by atoms with Crippen molar-refractivity contribution in [2.45, 2.75) is 19.3 Å². The largest absolute Gasteiger partial charge is 0.469 e. The Hall–Kier alpha value is -1.21. The van der Waals surface area contributed by atoms with Crippen LogP contribution in [0.5, 0.6) is 0 Å². The van der Waals surface area contributed by atoms with E-state index in [9.17, 15) is 0 Å². The predicted octanol–water partition coefficient (Wildman–Crippen LogP) is 4.15. The van der Waals surface area contributed by atoms with Gasteiger partial charge in [0, 0.05) is 18.2 Å². The Bertz CT molecular complexity index is 434. The average Bonchev–Trinajstić information content (AvgIpc) is 2.80. The van der Waals surface area contributed by atoms with Gasteiger partial charge in [-0.3, -0.25) is 0 Å². The lowest BCUT2D eigenvalue weighted by Gasteiger charge is -2.15. The summed E-state index contributed by atoms with van der Waals surface area (Å²) in [7, 11) is 0. The van der Waals surface area contributed by atoms with E-state index in [2.05, 4.69) is 31.2 Å². The summed E-state index contributed by atoms with van der Waals surface area (Å²) in [6.45, 7) is 2.12. The van der Waals surface area contributed by atoms with Crippen molar-refractivity contribution in [1.82, 2.24) is 0 Å². The maximum Gasteiger partial charge on any atom is 0.104 e. The molecular weight excluding hydrogens is 220 g/mol. The van der Waals surface area contributed by atoms with Crippen molar-refractivity contribution in [2.75, 3.05) is 5.88 Å². The number of alkyl halides is 1. The van der Waals surface area contributed by atoms with Crippen LogP contribution >= 0.6 is 11.6 Å². The zero-order chi connectivity index (χ0) is 11.4. The van der Waals surface area contributed by atoms with Crippen LogP contribution in [0.1, 0.15) is 22.8 Å². The van der Waals surface area contributed by atoms with Gasteiger partial charge >= 0.3 is 0 Å². The second kappa shape index (κ2) is 5.22. The van der Waals surface area contributed by atoms with Gasteiger partial charge in [0.1, 0.15) is 5.76 Å². The van der Waals surface area contributed by atoms with E-state index in [0.717, 1.165) is 12.2 Å². The topological polar surface area (TPSA) is 13.1 Å². The Morgan fingerprint density at radius 3 is 2.62 bits per heavy atom. The fourth-order valence-electron chi connectivity index (χ4n) is 1.96. The highest BCUT2D eigenvalue weighted by atomic mass is 35.5. The van der Waals surface area contributed by atoms with Crippen molar-refractivity contribution in [1.29, 1.82) is 0 Å². The molecule has 0 radical (unpaired) electrons. The van der Waals surface area contributed by atoms with Gasteiger partial charge in [-0.1, -0.05) is 24.3 Å². The van der Waals surface area contributed by atoms with Crippen molar-refractivity contribution in [2.24, 2.45) is 0 Å². The summed E-state index contributed by atoms with van der Waals surface area (Å²) >= 11 is 6.05. The Kier molecular flexibility index (Phi) is 3.68. The summed E-state index contributed by atoms with van der Waals surface area (Å²) < 4.78 is 5.37. The molecule has 0 aliphatic carbocycles. The number of rotatable bonds is 4. The molecule has 0 amide bonds. The van der Waals surface area contributed by atoms with Crippen LogP contribution < -0.4 is 0 Å². The Morgan fingerprint density at radius 2 is 2.00 bits per heavy atom. The monoisotopic (exact) mass is 234 g/mol. The van der Waals surface area contributed by atoms with E-state index in [1.54, 1.807) is 6.26 Å². The molecule has 0 N–H and O–H groups in total. The molecule has 1 atom stereocenters. The van der Waals surface area contributed by atoms with Crippen LogP contribution in [0.15, 0.2) is 47.1 Å². The maximum atomic E-state index is 6.05. The van der Waals surface area contributed by atoms with Crippen LogP contribution in [0, 0.1) is 6.92 Å². The minimum atomic E-state index is 0.328. The van der Waals surface area contributed by atoms with Crippen molar-refractivity contribution < 1.29 is 4.42 Å². The molecule has 84 valence electrons. The lowest BCUT2D eigenvalue weighted by Crippen LogP contribution is -2.05. The number of hydrogen-bond donors (Lipinski definition) is 0. The third-order valence-corrected chi connectivity index (χ3v) is 3.21. The van der Waals surface area contributed by atoms with Gasteiger partial charge in [-0.15, -0.1) is 11.6 Å². The molecule has 0 saturated carbocycles. The zero-order valence-electron chi connectivity index (χ0n) is 9.32. The molecule has 0 fully saturated rings. The number of aryl methyl sites for hydroxylation is 1. The van der Waals surface area contributed by atoms with Gasteiger partial charge in [0.25, 0.3) is 0 Å². The first-order chi connectivity index (χ1) is 7.81. The quantitative estimate of drug-likeness (QED) is 0.725. The standard InChI is InChI=1S/C14H15ClO/c1-11-5-2-3-7-14(11)12(10-15)9-13-6-4-8-16-13/h2-8,12H,9-10H2,1H3. The van der Waals surface area contributed by atoms with Crippen molar-refractivity contribution in [3.63, 3.8) is 0 Å². The summed E-state index contributed by atoms with van der Waals surface area (Å²) in [6.07, 6.45) is 2.57. The molecule has 1 nitrogen and oxygen atoms in total. The molecule has 1 aromatic heterocycles. The van der Waals surface area contributed by atoms with Crippen molar-refractivity contribution >= 4 is 11.6 Å². The molecular formula is C14H15ClO. The second-order valence-electron chi connectivity index (χ2n) is 3.99. The SMILES string of the molecule is Cc1ccccc1C(CCl)Cc1ccco1. The molecule has 0 bridgehead atoms. The molecule has 2 heteroatoms. The Balaban J connectivity index is 2.20. The normalized spacial score (nSPS) is 12.6. The first-order valence-corrected chi connectivity index (χ1v) is 5.98. The highest BCUT2D eigenvalue weighted by molar-refractivity contribution is 6.18. The number of halogens is 1. The van der Waals surface area contributed by atoms with Crippen LogP contribution in [0.3, 0.4) is 0 Å². The Morgan fingerprint density at radius 1 is 1.19 bits per heavy atom. The highest BCUT2D eigenvalue weighted by Crippen LogP contribution is 2.25. The minimum Gasteiger partial charge on any atom is -0.469 e. The van der Waals surface area contributed by atoms with E-state index in [-0.39, 0.29) is 0 Å². The van der Waals surface area contributed by atoms with Crippen molar-refractivity contribution in [3.8, 4) is 0 Å².